The highest BCUT2D eigenvalue weighted by Gasteiger charge is 1.98. The predicted octanol–water partition coefficient (Wildman–Crippen LogP) is 3.55. The van der Waals surface area contributed by atoms with E-state index in [-0.39, 0.29) is 0 Å². The van der Waals surface area contributed by atoms with Crippen LogP contribution in [-0.2, 0) is 0 Å². The van der Waals surface area contributed by atoms with E-state index in [4.69, 9.17) is 16.8 Å². The van der Waals surface area contributed by atoms with E-state index in [1.165, 1.54) is 6.21 Å². The number of hydrogen-bond donors (Lipinski definition) is 1. The molecule has 0 bridgehead atoms. The normalized spacial score (nSPS) is 10.1. The van der Waals surface area contributed by atoms with Crippen LogP contribution in [0.3, 0.4) is 0 Å². The molecule has 0 radical (unpaired) electrons. The Morgan fingerprint density at radius 1 is 1.06 bits per heavy atom. The Bertz CT molecular complexity index is 624. The lowest BCUT2D eigenvalue weighted by Crippen LogP contribution is -1.88. The van der Waals surface area contributed by atoms with Crippen LogP contribution in [0.25, 0.3) is 0 Å². The molecule has 88 valence electrons. The molecule has 0 heterocycles. The van der Waals surface area contributed by atoms with Crippen molar-refractivity contribution < 1.29 is 5.21 Å². The molecule has 0 amide bonds. The molecule has 0 saturated heterocycles. The molecule has 2 nitrogen and oxygen atoms in total. The molecule has 0 saturated carbocycles. The molecule has 0 atom stereocenters. The molecule has 0 unspecified atom stereocenters. The average Bonchev–Trinajstić information content (AvgIpc) is 2.39. The molecule has 0 aliphatic rings. The minimum Gasteiger partial charge on any atom is -0.411 e. The van der Waals surface area contributed by atoms with Crippen LogP contribution in [0.4, 0.5) is 0 Å². The van der Waals surface area contributed by atoms with Crippen molar-refractivity contribution in [1.82, 2.24) is 0 Å². The zero-order chi connectivity index (χ0) is 12.8. The monoisotopic (exact) mass is 255 g/mol. The van der Waals surface area contributed by atoms with E-state index in [1.807, 2.05) is 30.3 Å². The molecule has 0 spiro atoms. The minimum absolute atomic E-state index is 0.579. The van der Waals surface area contributed by atoms with E-state index >= 15 is 0 Å². The van der Waals surface area contributed by atoms with Crippen LogP contribution in [0.1, 0.15) is 16.7 Å². The van der Waals surface area contributed by atoms with Gasteiger partial charge in [-0.05, 0) is 30.3 Å². The van der Waals surface area contributed by atoms with Gasteiger partial charge < -0.3 is 5.21 Å². The first-order valence-corrected chi connectivity index (χ1v) is 5.71. The van der Waals surface area contributed by atoms with Crippen molar-refractivity contribution in [2.24, 2.45) is 5.16 Å². The summed E-state index contributed by atoms with van der Waals surface area (Å²) in [7, 11) is 0. The first-order valence-electron chi connectivity index (χ1n) is 5.33. The summed E-state index contributed by atoms with van der Waals surface area (Å²) >= 11 is 5.88. The lowest BCUT2D eigenvalue weighted by Gasteiger charge is -1.98. The van der Waals surface area contributed by atoms with Crippen LogP contribution >= 0.6 is 11.6 Å². The third-order valence-electron chi connectivity index (χ3n) is 2.33. The van der Waals surface area contributed by atoms with Crippen molar-refractivity contribution >= 4 is 17.8 Å². The first-order chi connectivity index (χ1) is 8.79. The van der Waals surface area contributed by atoms with Gasteiger partial charge in [0, 0.05) is 21.7 Å². The number of nitrogens with zero attached hydrogens (tertiary/aromatic N) is 1. The number of oxime groups is 1. The van der Waals surface area contributed by atoms with Crippen molar-refractivity contribution in [3.63, 3.8) is 0 Å². The molecule has 2 rings (SSSR count). The highest BCUT2D eigenvalue weighted by atomic mass is 35.5. The van der Waals surface area contributed by atoms with Gasteiger partial charge in [0.1, 0.15) is 0 Å². The van der Waals surface area contributed by atoms with Crippen LogP contribution in [0.15, 0.2) is 53.7 Å². The number of halogens is 1. The maximum Gasteiger partial charge on any atom is 0.0746 e. The fourth-order valence-corrected chi connectivity index (χ4v) is 1.66. The summed E-state index contributed by atoms with van der Waals surface area (Å²) in [5, 5.41) is 12.2. The van der Waals surface area contributed by atoms with Crippen LogP contribution in [-0.4, -0.2) is 11.4 Å². The van der Waals surface area contributed by atoms with Gasteiger partial charge in [0.25, 0.3) is 0 Å². The van der Waals surface area contributed by atoms with E-state index < -0.39 is 0 Å². The first kappa shape index (κ1) is 12.2. The maximum absolute atomic E-state index is 8.60. The lowest BCUT2D eigenvalue weighted by atomic mass is 10.1. The Kier molecular flexibility index (Phi) is 4.01. The number of hydrogen-bond acceptors (Lipinski definition) is 2. The largest absolute Gasteiger partial charge is 0.411 e. The van der Waals surface area contributed by atoms with Gasteiger partial charge in [0.05, 0.1) is 6.21 Å². The summed E-state index contributed by atoms with van der Waals surface area (Å²) in [5.41, 5.74) is 2.38. The van der Waals surface area contributed by atoms with Gasteiger partial charge >= 0.3 is 0 Å². The highest BCUT2D eigenvalue weighted by Crippen LogP contribution is 2.14. The van der Waals surface area contributed by atoms with E-state index in [0.717, 1.165) is 11.1 Å². The van der Waals surface area contributed by atoms with Gasteiger partial charge in [-0.2, -0.15) is 0 Å². The smallest absolute Gasteiger partial charge is 0.0746 e. The summed E-state index contributed by atoms with van der Waals surface area (Å²) in [5.74, 6) is 6.07. The van der Waals surface area contributed by atoms with E-state index in [0.29, 0.717) is 10.6 Å². The van der Waals surface area contributed by atoms with Gasteiger partial charge in [0.15, 0.2) is 0 Å². The summed E-state index contributed by atoms with van der Waals surface area (Å²) in [6.07, 6.45) is 1.32. The summed E-state index contributed by atoms with van der Waals surface area (Å²) < 4.78 is 0. The third kappa shape index (κ3) is 3.13. The zero-order valence-electron chi connectivity index (χ0n) is 9.47. The molecule has 1 N–H and O–H groups in total. The van der Waals surface area contributed by atoms with E-state index in [9.17, 15) is 0 Å². The van der Waals surface area contributed by atoms with Gasteiger partial charge in [0.2, 0.25) is 0 Å². The molecule has 2 aromatic rings. The Morgan fingerprint density at radius 3 is 2.56 bits per heavy atom. The fraction of sp³-hybridized carbons (Fsp3) is 0. The Balaban J connectivity index is 2.38. The number of benzene rings is 2. The molecule has 18 heavy (non-hydrogen) atoms. The van der Waals surface area contributed by atoms with Crippen LogP contribution in [0.2, 0.25) is 5.02 Å². The zero-order valence-corrected chi connectivity index (χ0v) is 10.2. The van der Waals surface area contributed by atoms with Gasteiger partial charge in [-0.15, -0.1) is 0 Å². The van der Waals surface area contributed by atoms with E-state index in [2.05, 4.69) is 17.0 Å². The second-order valence-corrected chi connectivity index (χ2v) is 4.03. The molecular weight excluding hydrogens is 246 g/mol. The van der Waals surface area contributed by atoms with Gasteiger partial charge in [-0.3, -0.25) is 0 Å². The van der Waals surface area contributed by atoms with Crippen LogP contribution < -0.4 is 0 Å². The fourth-order valence-electron chi connectivity index (χ4n) is 1.48. The molecule has 3 heteroatoms. The minimum atomic E-state index is 0.579. The maximum atomic E-state index is 8.60. The SMILES string of the molecule is ON=Cc1cc(Cl)ccc1C#Cc1ccccc1. The quantitative estimate of drug-likeness (QED) is 0.359. The van der Waals surface area contributed by atoms with Crippen molar-refractivity contribution in [2.45, 2.75) is 0 Å². The average molecular weight is 256 g/mol. The van der Waals surface area contributed by atoms with Crippen molar-refractivity contribution in [2.75, 3.05) is 0 Å². The Hall–Kier alpha value is -2.24. The molecule has 0 aromatic heterocycles. The Morgan fingerprint density at radius 2 is 1.83 bits per heavy atom. The molecule has 0 fully saturated rings. The second kappa shape index (κ2) is 5.90. The third-order valence-corrected chi connectivity index (χ3v) is 2.56. The van der Waals surface area contributed by atoms with Crippen molar-refractivity contribution in [3.05, 3.63) is 70.2 Å². The molecule has 2 aromatic carbocycles. The van der Waals surface area contributed by atoms with Crippen LogP contribution in [0.5, 0.6) is 0 Å². The summed E-state index contributed by atoms with van der Waals surface area (Å²) in [6, 6.07) is 14.9. The molecule has 0 aliphatic carbocycles. The van der Waals surface area contributed by atoms with Gasteiger partial charge in [-0.25, -0.2) is 0 Å². The van der Waals surface area contributed by atoms with Crippen LogP contribution in [0, 0.1) is 11.8 Å². The van der Waals surface area contributed by atoms with Crippen molar-refractivity contribution in [1.29, 1.82) is 0 Å². The summed E-state index contributed by atoms with van der Waals surface area (Å²) in [4.78, 5) is 0. The Labute approximate surface area is 111 Å². The lowest BCUT2D eigenvalue weighted by molar-refractivity contribution is 0.322. The molecular formula is C15H10ClNO. The summed E-state index contributed by atoms with van der Waals surface area (Å²) in [6.45, 7) is 0. The highest BCUT2D eigenvalue weighted by molar-refractivity contribution is 6.30. The number of rotatable bonds is 1. The van der Waals surface area contributed by atoms with Gasteiger partial charge in [-0.1, -0.05) is 46.8 Å². The van der Waals surface area contributed by atoms with E-state index in [1.54, 1.807) is 18.2 Å². The molecule has 0 aliphatic heterocycles. The van der Waals surface area contributed by atoms with Crippen molar-refractivity contribution in [3.8, 4) is 11.8 Å². The predicted molar refractivity (Wildman–Crippen MR) is 73.3 cm³/mol. The topological polar surface area (TPSA) is 32.6 Å². The standard InChI is InChI=1S/C15H10ClNO/c16-15-9-8-13(14(10-15)11-17-18)7-6-12-4-2-1-3-5-12/h1-5,8-11,18H. The second-order valence-electron chi connectivity index (χ2n) is 3.59.